The SMILES string of the molecule is Cc1ccc(NC(=O)ONC(C)(C)C)cc1. The second-order valence-electron chi connectivity index (χ2n) is 4.73. The summed E-state index contributed by atoms with van der Waals surface area (Å²) >= 11 is 0. The van der Waals surface area contributed by atoms with Crippen LogP contribution in [-0.4, -0.2) is 11.6 Å². The van der Waals surface area contributed by atoms with E-state index >= 15 is 0 Å². The van der Waals surface area contributed by atoms with Crippen molar-refractivity contribution in [1.29, 1.82) is 0 Å². The van der Waals surface area contributed by atoms with Gasteiger partial charge in [0.15, 0.2) is 0 Å². The summed E-state index contributed by atoms with van der Waals surface area (Å²) in [5.41, 5.74) is 4.24. The van der Waals surface area contributed by atoms with Gasteiger partial charge in [-0.05, 0) is 39.8 Å². The summed E-state index contributed by atoms with van der Waals surface area (Å²) in [6, 6.07) is 7.50. The fraction of sp³-hybridized carbons (Fsp3) is 0.417. The molecule has 1 aromatic carbocycles. The lowest BCUT2D eigenvalue weighted by Crippen LogP contribution is -2.38. The van der Waals surface area contributed by atoms with Crippen LogP contribution in [0.3, 0.4) is 0 Å². The van der Waals surface area contributed by atoms with E-state index in [0.29, 0.717) is 5.69 Å². The molecule has 0 atom stereocenters. The number of rotatable bonds is 2. The molecule has 0 bridgehead atoms. The van der Waals surface area contributed by atoms with Crippen molar-refractivity contribution in [3.63, 3.8) is 0 Å². The van der Waals surface area contributed by atoms with E-state index in [0.717, 1.165) is 5.56 Å². The zero-order valence-electron chi connectivity index (χ0n) is 10.1. The molecule has 0 radical (unpaired) electrons. The quantitative estimate of drug-likeness (QED) is 0.756. The molecule has 0 unspecified atom stereocenters. The van der Waals surface area contributed by atoms with Crippen LogP contribution in [0.2, 0.25) is 0 Å². The first-order chi connectivity index (χ1) is 7.37. The Hall–Kier alpha value is -1.55. The molecule has 1 amide bonds. The summed E-state index contributed by atoms with van der Waals surface area (Å²) in [4.78, 5) is 16.2. The van der Waals surface area contributed by atoms with Gasteiger partial charge in [-0.25, -0.2) is 4.79 Å². The molecule has 4 heteroatoms. The number of hydrogen-bond acceptors (Lipinski definition) is 3. The van der Waals surface area contributed by atoms with Gasteiger partial charge < -0.3 is 4.84 Å². The van der Waals surface area contributed by atoms with Gasteiger partial charge in [-0.3, -0.25) is 5.32 Å². The van der Waals surface area contributed by atoms with Crippen molar-refractivity contribution in [3.8, 4) is 0 Å². The molecule has 0 aromatic heterocycles. The van der Waals surface area contributed by atoms with E-state index < -0.39 is 6.09 Å². The second kappa shape index (κ2) is 4.99. The molecule has 4 nitrogen and oxygen atoms in total. The lowest BCUT2D eigenvalue weighted by Gasteiger charge is -2.19. The molecule has 1 aromatic rings. The van der Waals surface area contributed by atoms with Crippen molar-refractivity contribution >= 4 is 11.8 Å². The maximum atomic E-state index is 11.3. The lowest BCUT2D eigenvalue weighted by molar-refractivity contribution is 0.0579. The topological polar surface area (TPSA) is 50.4 Å². The number of carbonyl (C=O) groups excluding carboxylic acids is 1. The van der Waals surface area contributed by atoms with Gasteiger partial charge >= 0.3 is 6.09 Å². The van der Waals surface area contributed by atoms with E-state index in [-0.39, 0.29) is 5.54 Å². The van der Waals surface area contributed by atoms with Gasteiger partial charge in [-0.15, -0.1) is 5.48 Å². The first-order valence-electron chi connectivity index (χ1n) is 5.18. The molecule has 0 aliphatic carbocycles. The monoisotopic (exact) mass is 222 g/mol. The van der Waals surface area contributed by atoms with E-state index in [1.54, 1.807) is 0 Å². The van der Waals surface area contributed by atoms with Crippen LogP contribution in [0.5, 0.6) is 0 Å². The van der Waals surface area contributed by atoms with E-state index in [1.807, 2.05) is 52.0 Å². The molecule has 0 spiro atoms. The van der Waals surface area contributed by atoms with Crippen molar-refractivity contribution in [3.05, 3.63) is 29.8 Å². The van der Waals surface area contributed by atoms with Crippen LogP contribution in [0, 0.1) is 6.92 Å². The average Bonchev–Trinajstić information content (AvgIpc) is 2.18. The highest BCUT2D eigenvalue weighted by Gasteiger charge is 2.12. The normalized spacial score (nSPS) is 11.0. The standard InChI is InChI=1S/C12H18N2O2/c1-9-5-7-10(8-6-9)13-11(15)16-14-12(2,3)4/h5-8,14H,1-4H3,(H,13,15). The minimum atomic E-state index is -0.515. The number of amides is 1. The lowest BCUT2D eigenvalue weighted by atomic mass is 10.1. The van der Waals surface area contributed by atoms with Crippen molar-refractivity contribution in [2.24, 2.45) is 0 Å². The summed E-state index contributed by atoms with van der Waals surface area (Å²) < 4.78 is 0. The Bertz CT molecular complexity index is 352. The van der Waals surface area contributed by atoms with Gasteiger partial charge in [-0.1, -0.05) is 17.7 Å². The zero-order chi connectivity index (χ0) is 12.2. The fourth-order valence-electron chi connectivity index (χ4n) is 0.980. The number of hydrogen-bond donors (Lipinski definition) is 2. The largest absolute Gasteiger partial charge is 0.430 e. The molecule has 0 aliphatic rings. The highest BCUT2D eigenvalue weighted by Crippen LogP contribution is 2.08. The van der Waals surface area contributed by atoms with Crippen LogP contribution in [0.1, 0.15) is 26.3 Å². The summed E-state index contributed by atoms with van der Waals surface area (Å²) in [6.07, 6.45) is -0.515. The van der Waals surface area contributed by atoms with E-state index in [1.165, 1.54) is 0 Å². The van der Waals surface area contributed by atoms with Crippen LogP contribution >= 0.6 is 0 Å². The van der Waals surface area contributed by atoms with Crippen LogP contribution in [0.4, 0.5) is 10.5 Å². The van der Waals surface area contributed by atoms with Crippen molar-refractivity contribution in [1.82, 2.24) is 5.48 Å². The Balaban J connectivity index is 2.43. The molecular weight excluding hydrogens is 204 g/mol. The van der Waals surface area contributed by atoms with Crippen molar-refractivity contribution in [2.45, 2.75) is 33.2 Å². The highest BCUT2D eigenvalue weighted by molar-refractivity contribution is 5.84. The molecule has 1 rings (SSSR count). The van der Waals surface area contributed by atoms with Crippen LogP contribution in [0.25, 0.3) is 0 Å². The number of anilines is 1. The summed E-state index contributed by atoms with van der Waals surface area (Å²) in [5, 5.41) is 2.62. The van der Waals surface area contributed by atoms with Crippen LogP contribution in [0.15, 0.2) is 24.3 Å². The number of carbonyl (C=O) groups is 1. The van der Waals surface area contributed by atoms with Crippen molar-refractivity contribution in [2.75, 3.05) is 5.32 Å². The Morgan fingerprint density at radius 1 is 1.19 bits per heavy atom. The molecule has 0 fully saturated rings. The molecule has 0 saturated carbocycles. The third-order valence-electron chi connectivity index (χ3n) is 1.75. The molecular formula is C12H18N2O2. The summed E-state index contributed by atoms with van der Waals surface area (Å²) in [6.45, 7) is 7.72. The Morgan fingerprint density at radius 3 is 2.25 bits per heavy atom. The molecule has 0 saturated heterocycles. The second-order valence-corrected chi connectivity index (χ2v) is 4.73. The number of hydroxylamine groups is 1. The average molecular weight is 222 g/mol. The highest BCUT2D eigenvalue weighted by atomic mass is 16.7. The predicted molar refractivity (Wildman–Crippen MR) is 64.2 cm³/mol. The maximum absolute atomic E-state index is 11.3. The smallest absolute Gasteiger partial charge is 0.353 e. The summed E-state index contributed by atoms with van der Waals surface area (Å²) in [5.74, 6) is 0. The third-order valence-corrected chi connectivity index (χ3v) is 1.75. The molecule has 2 N–H and O–H groups in total. The van der Waals surface area contributed by atoms with Gasteiger partial charge in [0.25, 0.3) is 0 Å². The first kappa shape index (κ1) is 12.5. The minimum absolute atomic E-state index is 0.259. The molecule has 88 valence electrons. The van der Waals surface area contributed by atoms with E-state index in [4.69, 9.17) is 4.84 Å². The maximum Gasteiger partial charge on any atom is 0.430 e. The van der Waals surface area contributed by atoms with E-state index in [9.17, 15) is 4.79 Å². The number of aryl methyl sites for hydroxylation is 1. The van der Waals surface area contributed by atoms with Gasteiger partial charge in [0.05, 0.1) is 0 Å². The Morgan fingerprint density at radius 2 is 1.75 bits per heavy atom. The molecule has 0 aliphatic heterocycles. The third kappa shape index (κ3) is 4.79. The first-order valence-corrected chi connectivity index (χ1v) is 5.18. The van der Waals surface area contributed by atoms with Crippen LogP contribution < -0.4 is 10.8 Å². The molecule has 0 heterocycles. The molecule has 16 heavy (non-hydrogen) atoms. The number of nitrogens with one attached hydrogen (secondary N) is 2. The Kier molecular flexibility index (Phi) is 3.90. The summed E-state index contributed by atoms with van der Waals surface area (Å²) in [7, 11) is 0. The van der Waals surface area contributed by atoms with Crippen LogP contribution in [-0.2, 0) is 4.84 Å². The van der Waals surface area contributed by atoms with Gasteiger partial charge in [0.1, 0.15) is 0 Å². The predicted octanol–water partition coefficient (Wildman–Crippen LogP) is 2.85. The van der Waals surface area contributed by atoms with Gasteiger partial charge in [0.2, 0.25) is 0 Å². The van der Waals surface area contributed by atoms with Gasteiger partial charge in [0, 0.05) is 11.2 Å². The fourth-order valence-corrected chi connectivity index (χ4v) is 0.980. The zero-order valence-corrected chi connectivity index (χ0v) is 10.1. The van der Waals surface area contributed by atoms with E-state index in [2.05, 4.69) is 10.8 Å². The number of benzene rings is 1. The Labute approximate surface area is 95.9 Å². The van der Waals surface area contributed by atoms with Crippen molar-refractivity contribution < 1.29 is 9.63 Å². The minimum Gasteiger partial charge on any atom is -0.353 e. The van der Waals surface area contributed by atoms with Gasteiger partial charge in [-0.2, -0.15) is 0 Å².